The molecule has 4 heteroatoms. The Morgan fingerprint density at radius 2 is 1.68 bits per heavy atom. The largest absolute Gasteiger partial charge is 0.317 e. The Labute approximate surface area is 182 Å². The summed E-state index contributed by atoms with van der Waals surface area (Å²) in [6.07, 6.45) is 7.46. The molecule has 4 rings (SSSR count). The fourth-order valence-corrected chi connectivity index (χ4v) is 3.58. The molecular formula is C27H27N3O. The van der Waals surface area contributed by atoms with E-state index in [1.165, 1.54) is 18.4 Å². The molecule has 156 valence electrons. The van der Waals surface area contributed by atoms with Gasteiger partial charge < -0.3 is 5.43 Å². The summed E-state index contributed by atoms with van der Waals surface area (Å²) >= 11 is 0. The molecule has 1 aromatic heterocycles. The molecule has 0 spiro atoms. The molecule has 3 aromatic carbocycles. The molecule has 0 bridgehead atoms. The van der Waals surface area contributed by atoms with Crippen molar-refractivity contribution in [3.8, 4) is 11.4 Å². The van der Waals surface area contributed by atoms with Crippen LogP contribution in [0.3, 0.4) is 0 Å². The predicted octanol–water partition coefficient (Wildman–Crippen LogP) is 5.66. The zero-order valence-corrected chi connectivity index (χ0v) is 17.8. The second-order valence-electron chi connectivity index (χ2n) is 7.57. The molecule has 0 amide bonds. The number of unbranched alkanes of at least 4 members (excludes halogenated alkanes) is 1. The number of nitrogens with one attached hydrogen (secondary N) is 1. The third kappa shape index (κ3) is 4.92. The van der Waals surface area contributed by atoms with Gasteiger partial charge >= 0.3 is 0 Å². The molecule has 0 radical (unpaired) electrons. The molecule has 4 aromatic rings. The van der Waals surface area contributed by atoms with Crippen molar-refractivity contribution in [2.24, 2.45) is 0 Å². The Morgan fingerprint density at radius 1 is 0.935 bits per heavy atom. The maximum atomic E-state index is 13.2. The number of benzene rings is 3. The quantitative estimate of drug-likeness (QED) is 0.408. The lowest BCUT2D eigenvalue weighted by molar-refractivity contribution is 0.795. The van der Waals surface area contributed by atoms with Crippen LogP contribution in [-0.2, 0) is 6.42 Å². The van der Waals surface area contributed by atoms with Gasteiger partial charge in [0.2, 0.25) is 0 Å². The van der Waals surface area contributed by atoms with Crippen LogP contribution >= 0.6 is 0 Å². The van der Waals surface area contributed by atoms with E-state index in [0.717, 1.165) is 17.5 Å². The van der Waals surface area contributed by atoms with Crippen LogP contribution < -0.4 is 11.0 Å². The molecule has 0 saturated heterocycles. The van der Waals surface area contributed by atoms with Crippen molar-refractivity contribution in [1.82, 2.24) is 9.66 Å². The monoisotopic (exact) mass is 409 g/mol. The van der Waals surface area contributed by atoms with E-state index in [1.54, 1.807) is 4.68 Å². The van der Waals surface area contributed by atoms with Gasteiger partial charge in [0.1, 0.15) is 0 Å². The number of fused-ring (bicyclic) bond motifs is 1. The average Bonchev–Trinajstić information content (AvgIpc) is 2.82. The first kappa shape index (κ1) is 20.6. The summed E-state index contributed by atoms with van der Waals surface area (Å²) in [7, 11) is 0. The van der Waals surface area contributed by atoms with Crippen molar-refractivity contribution in [2.75, 3.05) is 12.0 Å². The SMILES string of the molecule is CCCCc1ccc(-c2nc3ccccc3c(=O)n2NCC=Cc2ccccc2)cc1. The van der Waals surface area contributed by atoms with Crippen LogP contribution in [0.2, 0.25) is 0 Å². The van der Waals surface area contributed by atoms with Gasteiger partial charge in [-0.25, -0.2) is 9.66 Å². The molecule has 0 aliphatic rings. The Hall–Kier alpha value is -3.66. The fourth-order valence-electron chi connectivity index (χ4n) is 3.58. The van der Waals surface area contributed by atoms with Gasteiger partial charge in [0.25, 0.3) is 5.56 Å². The van der Waals surface area contributed by atoms with Crippen LogP contribution in [-0.4, -0.2) is 16.2 Å². The third-order valence-corrected chi connectivity index (χ3v) is 5.28. The van der Waals surface area contributed by atoms with Crippen LogP contribution in [0.5, 0.6) is 0 Å². The second kappa shape index (κ2) is 9.90. The number of hydrogen-bond acceptors (Lipinski definition) is 3. The summed E-state index contributed by atoms with van der Waals surface area (Å²) in [5, 5.41) is 0.602. The highest BCUT2D eigenvalue weighted by Gasteiger charge is 2.12. The van der Waals surface area contributed by atoms with Gasteiger partial charge in [0.05, 0.1) is 10.9 Å². The van der Waals surface area contributed by atoms with E-state index >= 15 is 0 Å². The van der Waals surface area contributed by atoms with Crippen molar-refractivity contribution in [3.05, 3.63) is 106 Å². The minimum absolute atomic E-state index is 0.0937. The van der Waals surface area contributed by atoms with Crippen molar-refractivity contribution in [2.45, 2.75) is 26.2 Å². The summed E-state index contributed by atoms with van der Waals surface area (Å²) < 4.78 is 1.57. The molecule has 1 N–H and O–H groups in total. The first-order chi connectivity index (χ1) is 15.3. The summed E-state index contributed by atoms with van der Waals surface area (Å²) in [5.41, 5.74) is 7.20. The molecule has 0 aliphatic carbocycles. The molecule has 0 unspecified atom stereocenters. The molecule has 0 saturated carbocycles. The van der Waals surface area contributed by atoms with Gasteiger partial charge in [-0.2, -0.15) is 0 Å². The van der Waals surface area contributed by atoms with E-state index in [-0.39, 0.29) is 5.56 Å². The van der Waals surface area contributed by atoms with E-state index < -0.39 is 0 Å². The Bertz CT molecular complexity index is 1230. The fraction of sp³-hybridized carbons (Fsp3) is 0.185. The first-order valence-electron chi connectivity index (χ1n) is 10.8. The van der Waals surface area contributed by atoms with E-state index in [9.17, 15) is 4.79 Å². The normalized spacial score (nSPS) is 11.3. The van der Waals surface area contributed by atoms with Crippen molar-refractivity contribution in [1.29, 1.82) is 0 Å². The van der Waals surface area contributed by atoms with Crippen LogP contribution in [0.4, 0.5) is 0 Å². The van der Waals surface area contributed by atoms with E-state index in [1.807, 2.05) is 66.7 Å². The zero-order valence-electron chi connectivity index (χ0n) is 17.8. The molecule has 1 heterocycles. The summed E-state index contributed by atoms with van der Waals surface area (Å²) in [4.78, 5) is 18.0. The van der Waals surface area contributed by atoms with Gasteiger partial charge in [-0.05, 0) is 36.1 Å². The van der Waals surface area contributed by atoms with Crippen LogP contribution in [0.15, 0.2) is 89.7 Å². The summed E-state index contributed by atoms with van der Waals surface area (Å²) in [6.45, 7) is 2.71. The van der Waals surface area contributed by atoms with Gasteiger partial charge in [-0.15, -0.1) is 0 Å². The molecule has 0 fully saturated rings. The summed E-state index contributed by atoms with van der Waals surface area (Å²) in [6, 6.07) is 26.0. The Balaban J connectivity index is 1.66. The van der Waals surface area contributed by atoms with Crippen molar-refractivity contribution < 1.29 is 0 Å². The number of aromatic nitrogens is 2. The van der Waals surface area contributed by atoms with Crippen LogP contribution in [0, 0.1) is 0 Å². The average molecular weight is 410 g/mol. The number of aryl methyl sites for hydroxylation is 1. The molecule has 4 nitrogen and oxygen atoms in total. The highest BCUT2D eigenvalue weighted by molar-refractivity contribution is 5.79. The van der Waals surface area contributed by atoms with E-state index in [4.69, 9.17) is 4.98 Å². The van der Waals surface area contributed by atoms with Crippen LogP contribution in [0.1, 0.15) is 30.9 Å². The van der Waals surface area contributed by atoms with Gasteiger partial charge in [0, 0.05) is 12.1 Å². The molecule has 0 aliphatic heterocycles. The van der Waals surface area contributed by atoms with E-state index in [2.05, 4.69) is 36.6 Å². The lowest BCUT2D eigenvalue weighted by atomic mass is 10.1. The maximum absolute atomic E-state index is 13.2. The standard InChI is InChI=1S/C27H27N3O/c1-2-3-10-22-16-18-23(19-17-22)26-29-25-15-8-7-14-24(25)27(31)30(26)28-20-9-13-21-11-5-4-6-12-21/h4-9,11-19,28H,2-3,10,20H2,1H3. The number of para-hydroxylation sites is 1. The topological polar surface area (TPSA) is 46.9 Å². The first-order valence-corrected chi connectivity index (χ1v) is 10.8. The minimum atomic E-state index is -0.0937. The Kier molecular flexibility index (Phi) is 6.58. The van der Waals surface area contributed by atoms with Crippen molar-refractivity contribution in [3.63, 3.8) is 0 Å². The Morgan fingerprint density at radius 3 is 2.45 bits per heavy atom. The number of rotatable bonds is 8. The predicted molar refractivity (Wildman–Crippen MR) is 130 cm³/mol. The minimum Gasteiger partial charge on any atom is -0.317 e. The maximum Gasteiger partial charge on any atom is 0.280 e. The lowest BCUT2D eigenvalue weighted by Gasteiger charge is -2.15. The van der Waals surface area contributed by atoms with Gasteiger partial charge in [-0.3, -0.25) is 4.79 Å². The highest BCUT2D eigenvalue weighted by atomic mass is 16.1. The number of hydrogen-bond donors (Lipinski definition) is 1. The molecule has 31 heavy (non-hydrogen) atoms. The highest BCUT2D eigenvalue weighted by Crippen LogP contribution is 2.19. The zero-order chi connectivity index (χ0) is 21.5. The van der Waals surface area contributed by atoms with Gasteiger partial charge in [-0.1, -0.05) is 92.2 Å². The summed E-state index contributed by atoms with van der Waals surface area (Å²) in [5.74, 6) is 0.624. The van der Waals surface area contributed by atoms with Crippen molar-refractivity contribution >= 4 is 17.0 Å². The molecule has 0 atom stereocenters. The van der Waals surface area contributed by atoms with Crippen LogP contribution in [0.25, 0.3) is 28.4 Å². The number of nitrogens with zero attached hydrogens (tertiary/aromatic N) is 2. The van der Waals surface area contributed by atoms with Gasteiger partial charge in [0.15, 0.2) is 5.82 Å². The second-order valence-corrected chi connectivity index (χ2v) is 7.57. The smallest absolute Gasteiger partial charge is 0.280 e. The lowest BCUT2D eigenvalue weighted by Crippen LogP contribution is -2.31. The third-order valence-electron chi connectivity index (χ3n) is 5.28. The van der Waals surface area contributed by atoms with E-state index in [0.29, 0.717) is 23.3 Å². The molecular weight excluding hydrogens is 382 g/mol.